The van der Waals surface area contributed by atoms with E-state index in [-0.39, 0.29) is 5.97 Å². The summed E-state index contributed by atoms with van der Waals surface area (Å²) in [4.78, 5) is 17.9. The van der Waals surface area contributed by atoms with Crippen molar-refractivity contribution >= 4 is 11.7 Å². The van der Waals surface area contributed by atoms with Gasteiger partial charge in [-0.3, -0.25) is 0 Å². The molecule has 0 bridgehead atoms. The number of carbonyl (C=O) groups excluding carboxylic acids is 1. The van der Waals surface area contributed by atoms with Crippen LogP contribution in [0.3, 0.4) is 0 Å². The summed E-state index contributed by atoms with van der Waals surface area (Å²) in [6, 6.07) is 5.22. The second-order valence-electron chi connectivity index (χ2n) is 4.15. The molecular formula is C13H16N4O2. The monoisotopic (exact) mass is 260 g/mol. The lowest BCUT2D eigenvalue weighted by molar-refractivity contribution is -0.144. The van der Waals surface area contributed by atoms with E-state index in [4.69, 9.17) is 10.00 Å². The van der Waals surface area contributed by atoms with E-state index in [1.807, 2.05) is 11.0 Å². The smallest absolute Gasteiger partial charge is 0.330 e. The minimum absolute atomic E-state index is 0.276. The number of nitriles is 1. The second kappa shape index (κ2) is 6.16. The van der Waals surface area contributed by atoms with E-state index in [9.17, 15) is 4.79 Å². The maximum Gasteiger partial charge on any atom is 0.330 e. The van der Waals surface area contributed by atoms with E-state index >= 15 is 0 Å². The van der Waals surface area contributed by atoms with Gasteiger partial charge in [0.25, 0.3) is 0 Å². The Morgan fingerprint density at radius 3 is 3.32 bits per heavy atom. The van der Waals surface area contributed by atoms with Crippen molar-refractivity contribution in [2.24, 2.45) is 0 Å². The molecule has 2 heterocycles. The molecule has 1 saturated heterocycles. The molecule has 0 aliphatic carbocycles. The SMILES string of the molecule is CCOC(=O)C1CNCCN1c1cccnc1C#N. The van der Waals surface area contributed by atoms with Gasteiger partial charge < -0.3 is 15.0 Å². The summed E-state index contributed by atoms with van der Waals surface area (Å²) in [5, 5.41) is 12.3. The number of hydrogen-bond donors (Lipinski definition) is 1. The van der Waals surface area contributed by atoms with Gasteiger partial charge in [-0.25, -0.2) is 9.78 Å². The molecule has 1 atom stereocenters. The Morgan fingerprint density at radius 1 is 1.74 bits per heavy atom. The Hall–Kier alpha value is -2.13. The lowest BCUT2D eigenvalue weighted by atomic mass is 10.1. The zero-order valence-electron chi connectivity index (χ0n) is 10.8. The number of piperazine rings is 1. The standard InChI is InChI=1S/C13H16N4O2/c1-2-19-13(18)12-9-15-6-7-17(12)11-4-3-5-16-10(11)8-14/h3-5,12,15H,2,6-7,9H2,1H3. The molecule has 2 rings (SSSR count). The van der Waals surface area contributed by atoms with Crippen molar-refractivity contribution in [2.45, 2.75) is 13.0 Å². The molecule has 0 radical (unpaired) electrons. The van der Waals surface area contributed by atoms with Gasteiger partial charge in [-0.2, -0.15) is 5.26 Å². The van der Waals surface area contributed by atoms with Crippen molar-refractivity contribution in [2.75, 3.05) is 31.1 Å². The molecule has 0 aromatic carbocycles. The Morgan fingerprint density at radius 2 is 2.58 bits per heavy atom. The summed E-state index contributed by atoms with van der Waals surface area (Å²) >= 11 is 0. The first kappa shape index (κ1) is 13.3. The van der Waals surface area contributed by atoms with E-state index < -0.39 is 6.04 Å². The van der Waals surface area contributed by atoms with E-state index in [0.29, 0.717) is 31.1 Å². The van der Waals surface area contributed by atoms with Gasteiger partial charge in [-0.1, -0.05) is 0 Å². The molecule has 100 valence electrons. The summed E-state index contributed by atoms with van der Waals surface area (Å²) in [5.41, 5.74) is 1.02. The fourth-order valence-electron chi connectivity index (χ4n) is 2.16. The van der Waals surface area contributed by atoms with E-state index in [1.165, 1.54) is 0 Å². The van der Waals surface area contributed by atoms with Crippen LogP contribution >= 0.6 is 0 Å². The van der Waals surface area contributed by atoms with Gasteiger partial charge in [0.05, 0.1) is 12.3 Å². The van der Waals surface area contributed by atoms with Crippen molar-refractivity contribution in [3.8, 4) is 6.07 Å². The summed E-state index contributed by atoms with van der Waals surface area (Å²) < 4.78 is 5.08. The molecule has 0 amide bonds. The van der Waals surface area contributed by atoms with Crippen LogP contribution in [0.1, 0.15) is 12.6 Å². The normalized spacial score (nSPS) is 18.7. The van der Waals surface area contributed by atoms with Crippen LogP contribution in [0.5, 0.6) is 0 Å². The molecule has 1 unspecified atom stereocenters. The fraction of sp³-hybridized carbons (Fsp3) is 0.462. The fourth-order valence-corrected chi connectivity index (χ4v) is 2.16. The van der Waals surface area contributed by atoms with Gasteiger partial charge in [0, 0.05) is 25.8 Å². The van der Waals surface area contributed by atoms with Crippen molar-refractivity contribution in [3.63, 3.8) is 0 Å². The maximum atomic E-state index is 12.0. The second-order valence-corrected chi connectivity index (χ2v) is 4.15. The summed E-state index contributed by atoms with van der Waals surface area (Å²) in [6.45, 7) is 4.04. The van der Waals surface area contributed by atoms with Crippen LogP contribution in [0.15, 0.2) is 18.3 Å². The van der Waals surface area contributed by atoms with Crippen molar-refractivity contribution in [1.82, 2.24) is 10.3 Å². The van der Waals surface area contributed by atoms with Crippen LogP contribution in [0, 0.1) is 11.3 Å². The molecule has 0 saturated carbocycles. The van der Waals surface area contributed by atoms with Crippen LogP contribution in [-0.2, 0) is 9.53 Å². The predicted molar refractivity (Wildman–Crippen MR) is 69.6 cm³/mol. The number of rotatable bonds is 3. The molecule has 1 fully saturated rings. The van der Waals surface area contributed by atoms with E-state index in [0.717, 1.165) is 6.54 Å². The van der Waals surface area contributed by atoms with Gasteiger partial charge in [0.15, 0.2) is 5.69 Å². The molecule has 1 aromatic heterocycles. The maximum absolute atomic E-state index is 12.0. The largest absolute Gasteiger partial charge is 0.464 e. The number of anilines is 1. The number of pyridine rings is 1. The number of hydrogen-bond acceptors (Lipinski definition) is 6. The Kier molecular flexibility index (Phi) is 4.31. The lowest BCUT2D eigenvalue weighted by Gasteiger charge is -2.36. The molecule has 0 spiro atoms. The highest BCUT2D eigenvalue weighted by molar-refractivity contribution is 5.81. The van der Waals surface area contributed by atoms with Crippen LogP contribution in [-0.4, -0.2) is 43.2 Å². The van der Waals surface area contributed by atoms with Gasteiger partial charge in [0.2, 0.25) is 0 Å². The quantitative estimate of drug-likeness (QED) is 0.787. The van der Waals surface area contributed by atoms with Crippen LogP contribution in [0.25, 0.3) is 0 Å². The molecule has 1 aliphatic heterocycles. The predicted octanol–water partition coefficient (Wildman–Crippen LogP) is 0.295. The molecule has 6 heteroatoms. The number of carbonyl (C=O) groups is 1. The van der Waals surface area contributed by atoms with Crippen LogP contribution in [0.2, 0.25) is 0 Å². The Bertz CT molecular complexity index is 498. The van der Waals surface area contributed by atoms with E-state index in [2.05, 4.69) is 16.4 Å². The third-order valence-corrected chi connectivity index (χ3v) is 3.00. The van der Waals surface area contributed by atoms with E-state index in [1.54, 1.807) is 19.2 Å². The first-order valence-corrected chi connectivity index (χ1v) is 6.27. The minimum atomic E-state index is -0.412. The summed E-state index contributed by atoms with van der Waals surface area (Å²) in [6.07, 6.45) is 1.57. The third kappa shape index (κ3) is 2.83. The average Bonchev–Trinajstić information content (AvgIpc) is 2.47. The molecule has 1 N–H and O–H groups in total. The number of aromatic nitrogens is 1. The zero-order chi connectivity index (χ0) is 13.7. The Labute approximate surface area is 112 Å². The number of nitrogens with zero attached hydrogens (tertiary/aromatic N) is 3. The average molecular weight is 260 g/mol. The Balaban J connectivity index is 2.29. The first-order valence-electron chi connectivity index (χ1n) is 6.27. The molecule has 6 nitrogen and oxygen atoms in total. The number of nitrogens with one attached hydrogen (secondary N) is 1. The van der Waals surface area contributed by atoms with Crippen LogP contribution < -0.4 is 10.2 Å². The van der Waals surface area contributed by atoms with Crippen molar-refractivity contribution < 1.29 is 9.53 Å². The zero-order valence-corrected chi connectivity index (χ0v) is 10.8. The molecule has 19 heavy (non-hydrogen) atoms. The summed E-state index contributed by atoms with van der Waals surface area (Å²) in [5.74, 6) is -0.276. The van der Waals surface area contributed by atoms with Crippen molar-refractivity contribution in [3.05, 3.63) is 24.0 Å². The van der Waals surface area contributed by atoms with Gasteiger partial charge in [-0.05, 0) is 19.1 Å². The van der Waals surface area contributed by atoms with Crippen molar-refractivity contribution in [1.29, 1.82) is 5.26 Å². The van der Waals surface area contributed by atoms with Gasteiger partial charge in [0.1, 0.15) is 12.1 Å². The summed E-state index contributed by atoms with van der Waals surface area (Å²) in [7, 11) is 0. The highest BCUT2D eigenvalue weighted by Gasteiger charge is 2.31. The topological polar surface area (TPSA) is 78.2 Å². The lowest BCUT2D eigenvalue weighted by Crippen LogP contribution is -2.56. The van der Waals surface area contributed by atoms with Crippen LogP contribution in [0.4, 0.5) is 5.69 Å². The third-order valence-electron chi connectivity index (χ3n) is 3.00. The van der Waals surface area contributed by atoms with Gasteiger partial charge >= 0.3 is 5.97 Å². The highest BCUT2D eigenvalue weighted by atomic mass is 16.5. The highest BCUT2D eigenvalue weighted by Crippen LogP contribution is 2.21. The first-order chi connectivity index (χ1) is 9.27. The molecule has 1 aromatic rings. The number of ether oxygens (including phenoxy) is 1. The molecule has 1 aliphatic rings. The van der Waals surface area contributed by atoms with Gasteiger partial charge in [-0.15, -0.1) is 0 Å². The minimum Gasteiger partial charge on any atom is -0.464 e. The molecular weight excluding hydrogens is 244 g/mol. The number of esters is 1.